The number of carbonyl (C=O) groups excluding carboxylic acids is 1. The topological polar surface area (TPSA) is 84.5 Å². The summed E-state index contributed by atoms with van der Waals surface area (Å²) in [5.41, 5.74) is 3.57. The lowest BCUT2D eigenvalue weighted by Gasteiger charge is -2.35. The minimum atomic E-state index is -0.499. The van der Waals surface area contributed by atoms with E-state index in [0.29, 0.717) is 37.3 Å². The highest BCUT2D eigenvalue weighted by atomic mass is 16.4. The molecule has 2 aliphatic rings. The van der Waals surface area contributed by atoms with E-state index in [2.05, 4.69) is 21.2 Å². The van der Waals surface area contributed by atoms with Crippen molar-refractivity contribution < 1.29 is 9.21 Å². The van der Waals surface area contributed by atoms with Crippen molar-refractivity contribution in [3.05, 3.63) is 52.1 Å². The van der Waals surface area contributed by atoms with Gasteiger partial charge in [-0.25, -0.2) is 4.79 Å². The minimum Gasteiger partial charge on any atom is -0.408 e. The molecule has 1 aliphatic carbocycles. The van der Waals surface area contributed by atoms with Gasteiger partial charge >= 0.3 is 5.76 Å². The Morgan fingerprint density at radius 2 is 1.89 bits per heavy atom. The Morgan fingerprint density at radius 3 is 2.75 bits per heavy atom. The molecule has 1 fully saturated rings. The van der Waals surface area contributed by atoms with E-state index in [1.165, 1.54) is 10.1 Å². The number of rotatable bonds is 3. The van der Waals surface area contributed by atoms with E-state index in [4.69, 9.17) is 4.42 Å². The molecule has 1 saturated heterocycles. The van der Waals surface area contributed by atoms with E-state index in [-0.39, 0.29) is 12.5 Å². The molecule has 3 heterocycles. The maximum atomic E-state index is 12.7. The Morgan fingerprint density at radius 1 is 1.07 bits per heavy atom. The monoisotopic (exact) mass is 379 g/mol. The predicted octanol–water partition coefficient (Wildman–Crippen LogP) is 1.22. The number of carbonyl (C=O) groups is 1. The van der Waals surface area contributed by atoms with Crippen LogP contribution in [0.25, 0.3) is 11.1 Å². The molecule has 5 rings (SSSR count). The smallest absolute Gasteiger partial charge is 0.408 e. The van der Waals surface area contributed by atoms with E-state index in [9.17, 15) is 9.59 Å². The summed E-state index contributed by atoms with van der Waals surface area (Å²) in [4.78, 5) is 28.8. The predicted molar refractivity (Wildman–Crippen MR) is 103 cm³/mol. The number of piperazine rings is 1. The fourth-order valence-electron chi connectivity index (χ4n) is 4.06. The van der Waals surface area contributed by atoms with E-state index in [0.717, 1.165) is 30.8 Å². The molecule has 0 spiro atoms. The Balaban J connectivity index is 1.26. The summed E-state index contributed by atoms with van der Waals surface area (Å²) in [6.07, 6.45) is 3.24. The number of benzene rings is 1. The first-order valence-corrected chi connectivity index (χ1v) is 9.65. The Kier molecular flexibility index (Phi) is 4.11. The lowest BCUT2D eigenvalue weighted by Crippen LogP contribution is -2.50. The van der Waals surface area contributed by atoms with E-state index >= 15 is 0 Å². The highest BCUT2D eigenvalue weighted by molar-refractivity contribution is 5.79. The van der Waals surface area contributed by atoms with Gasteiger partial charge in [0.1, 0.15) is 6.54 Å². The molecule has 0 radical (unpaired) electrons. The van der Waals surface area contributed by atoms with Gasteiger partial charge in [-0.1, -0.05) is 12.1 Å². The summed E-state index contributed by atoms with van der Waals surface area (Å²) in [5.74, 6) is 0.319. The molecule has 0 unspecified atom stereocenters. The van der Waals surface area contributed by atoms with Crippen molar-refractivity contribution in [1.29, 1.82) is 0 Å². The first-order chi connectivity index (χ1) is 13.7. The highest BCUT2D eigenvalue weighted by Gasteiger charge is 2.24. The van der Waals surface area contributed by atoms with Crippen LogP contribution >= 0.6 is 0 Å². The van der Waals surface area contributed by atoms with Crippen LogP contribution < -0.4 is 10.7 Å². The Hall–Kier alpha value is -3.16. The van der Waals surface area contributed by atoms with Gasteiger partial charge in [0.15, 0.2) is 11.4 Å². The molecule has 2 aromatic heterocycles. The summed E-state index contributed by atoms with van der Waals surface area (Å²) in [6.45, 7) is 2.61. The van der Waals surface area contributed by atoms with Crippen molar-refractivity contribution in [2.45, 2.75) is 25.8 Å². The number of hydrogen-bond donors (Lipinski definition) is 0. The van der Waals surface area contributed by atoms with Crippen molar-refractivity contribution in [3.63, 3.8) is 0 Å². The van der Waals surface area contributed by atoms with Gasteiger partial charge in [-0.15, -0.1) is 5.10 Å². The number of para-hydroxylation sites is 2. The second-order valence-electron chi connectivity index (χ2n) is 7.32. The fourth-order valence-corrected chi connectivity index (χ4v) is 4.06. The first-order valence-electron chi connectivity index (χ1n) is 9.65. The number of fused-ring (bicyclic) bond motifs is 2. The molecule has 28 heavy (non-hydrogen) atoms. The maximum absolute atomic E-state index is 12.7. The quantitative estimate of drug-likeness (QED) is 0.680. The van der Waals surface area contributed by atoms with Crippen molar-refractivity contribution in [1.82, 2.24) is 19.7 Å². The van der Waals surface area contributed by atoms with Crippen molar-refractivity contribution in [3.8, 4) is 0 Å². The summed E-state index contributed by atoms with van der Waals surface area (Å²) in [5, 5.41) is 8.72. The van der Waals surface area contributed by atoms with Crippen LogP contribution in [0.1, 0.15) is 17.7 Å². The van der Waals surface area contributed by atoms with Gasteiger partial charge in [0, 0.05) is 26.2 Å². The van der Waals surface area contributed by atoms with E-state index in [1.807, 2.05) is 6.07 Å². The summed E-state index contributed by atoms with van der Waals surface area (Å²) in [6, 6.07) is 9.29. The van der Waals surface area contributed by atoms with Crippen molar-refractivity contribution >= 4 is 22.8 Å². The number of nitrogens with zero attached hydrogens (tertiary/aromatic N) is 5. The van der Waals surface area contributed by atoms with E-state index in [1.54, 1.807) is 23.1 Å². The van der Waals surface area contributed by atoms with Gasteiger partial charge in [-0.3, -0.25) is 9.36 Å². The van der Waals surface area contributed by atoms with Crippen LogP contribution in [0, 0.1) is 0 Å². The summed E-state index contributed by atoms with van der Waals surface area (Å²) < 4.78 is 6.61. The summed E-state index contributed by atoms with van der Waals surface area (Å²) in [7, 11) is 0. The fraction of sp³-hybridized carbons (Fsp3) is 0.400. The van der Waals surface area contributed by atoms with Crippen LogP contribution in [0.4, 0.5) is 5.82 Å². The van der Waals surface area contributed by atoms with Crippen LogP contribution in [-0.2, 0) is 24.2 Å². The maximum Gasteiger partial charge on any atom is 0.420 e. The molecule has 0 N–H and O–H groups in total. The third kappa shape index (κ3) is 2.94. The molecule has 8 nitrogen and oxygen atoms in total. The zero-order valence-electron chi connectivity index (χ0n) is 15.5. The zero-order valence-corrected chi connectivity index (χ0v) is 15.5. The molecule has 144 valence electrons. The molecule has 1 aliphatic heterocycles. The standard InChI is InChI=1S/C20H21N5O3/c26-19(13-25-16-6-1-2-7-17(16)28-20(25)27)24-10-8-23(9-11-24)18-12-14-4-3-5-15(14)21-22-18/h1-2,6-7,12H,3-5,8-11,13H2. The van der Waals surface area contributed by atoms with Gasteiger partial charge in [0.2, 0.25) is 5.91 Å². The van der Waals surface area contributed by atoms with Crippen molar-refractivity contribution in [2.75, 3.05) is 31.1 Å². The normalized spacial score (nSPS) is 16.6. The molecule has 0 atom stereocenters. The number of aryl methyl sites for hydroxylation is 2. The number of oxazole rings is 1. The zero-order chi connectivity index (χ0) is 19.1. The minimum absolute atomic E-state index is 0.00546. The lowest BCUT2D eigenvalue weighted by molar-refractivity contribution is -0.132. The number of aromatic nitrogens is 3. The van der Waals surface area contributed by atoms with E-state index < -0.39 is 5.76 Å². The third-order valence-corrected chi connectivity index (χ3v) is 5.63. The second-order valence-corrected chi connectivity index (χ2v) is 7.32. The number of anilines is 1. The molecule has 3 aromatic rings. The molecule has 1 amide bonds. The van der Waals surface area contributed by atoms with Crippen LogP contribution in [0.15, 0.2) is 39.5 Å². The molecule has 0 bridgehead atoms. The molecular weight excluding hydrogens is 358 g/mol. The van der Waals surface area contributed by atoms with Gasteiger partial charge in [0.25, 0.3) is 0 Å². The van der Waals surface area contributed by atoms with Gasteiger partial charge in [0.05, 0.1) is 11.2 Å². The molecular formula is C20H21N5O3. The number of amides is 1. The Bertz CT molecular complexity index is 1090. The van der Waals surface area contributed by atoms with Crippen LogP contribution in [0.5, 0.6) is 0 Å². The van der Waals surface area contributed by atoms with Gasteiger partial charge in [-0.2, -0.15) is 5.10 Å². The molecule has 1 aromatic carbocycles. The second kappa shape index (κ2) is 6.78. The lowest BCUT2D eigenvalue weighted by atomic mass is 10.2. The molecule has 0 saturated carbocycles. The average Bonchev–Trinajstić information content (AvgIpc) is 3.32. The van der Waals surface area contributed by atoms with Gasteiger partial charge in [-0.05, 0) is 43.0 Å². The van der Waals surface area contributed by atoms with Crippen molar-refractivity contribution in [2.24, 2.45) is 0 Å². The largest absolute Gasteiger partial charge is 0.420 e. The Labute approximate surface area is 161 Å². The summed E-state index contributed by atoms with van der Waals surface area (Å²) >= 11 is 0. The third-order valence-electron chi connectivity index (χ3n) is 5.63. The van der Waals surface area contributed by atoms with Gasteiger partial charge < -0.3 is 14.2 Å². The van der Waals surface area contributed by atoms with Crippen LogP contribution in [0.3, 0.4) is 0 Å². The highest BCUT2D eigenvalue weighted by Crippen LogP contribution is 2.23. The number of hydrogen-bond acceptors (Lipinski definition) is 6. The van der Waals surface area contributed by atoms with Crippen LogP contribution in [-0.4, -0.2) is 51.8 Å². The molecule has 8 heteroatoms. The SMILES string of the molecule is O=C(Cn1c(=O)oc2ccccc21)N1CCN(c2cc3c(nn2)CCC3)CC1. The average molecular weight is 379 g/mol. The van der Waals surface area contributed by atoms with Crippen LogP contribution in [0.2, 0.25) is 0 Å². The first kappa shape index (κ1) is 17.0.